The average Bonchev–Trinajstić information content (AvgIpc) is 2.87. The van der Waals surface area contributed by atoms with Crippen molar-refractivity contribution < 1.29 is 13.2 Å². The summed E-state index contributed by atoms with van der Waals surface area (Å²) in [5.74, 6) is 0.462. The minimum absolute atomic E-state index is 0.00772. The van der Waals surface area contributed by atoms with Crippen molar-refractivity contribution in [2.75, 3.05) is 31.6 Å². The lowest BCUT2D eigenvalue weighted by molar-refractivity contribution is -0.121. The molecule has 1 heterocycles. The first-order valence-corrected chi connectivity index (χ1v) is 9.97. The molecule has 7 heteroatoms. The lowest BCUT2D eigenvalue weighted by Gasteiger charge is -2.22. The highest BCUT2D eigenvalue weighted by atomic mass is 35.5. The lowest BCUT2D eigenvalue weighted by atomic mass is 10.1. The van der Waals surface area contributed by atoms with Gasteiger partial charge in [-0.3, -0.25) is 4.79 Å². The third-order valence-electron chi connectivity index (χ3n) is 4.17. The van der Waals surface area contributed by atoms with Crippen LogP contribution in [-0.2, 0) is 21.1 Å². The average molecular weight is 359 g/mol. The molecule has 1 N–H and O–H groups in total. The van der Waals surface area contributed by atoms with Gasteiger partial charge in [-0.2, -0.15) is 0 Å². The van der Waals surface area contributed by atoms with E-state index in [1.165, 1.54) is 0 Å². The van der Waals surface area contributed by atoms with Crippen molar-refractivity contribution in [3.05, 3.63) is 34.9 Å². The molecule has 0 spiro atoms. The van der Waals surface area contributed by atoms with E-state index in [4.69, 9.17) is 11.6 Å². The molecule has 0 bridgehead atoms. The molecule has 1 unspecified atom stereocenters. The first kappa shape index (κ1) is 18.2. The molecule has 23 heavy (non-hydrogen) atoms. The molecule has 0 aliphatic carbocycles. The number of hydrogen-bond donors (Lipinski definition) is 1. The third kappa shape index (κ3) is 6.12. The van der Waals surface area contributed by atoms with Gasteiger partial charge in [-0.25, -0.2) is 8.42 Å². The summed E-state index contributed by atoms with van der Waals surface area (Å²) in [7, 11) is -0.997. The van der Waals surface area contributed by atoms with E-state index in [0.29, 0.717) is 31.0 Å². The van der Waals surface area contributed by atoms with Gasteiger partial charge in [0, 0.05) is 30.6 Å². The van der Waals surface area contributed by atoms with Crippen LogP contribution in [0.3, 0.4) is 0 Å². The van der Waals surface area contributed by atoms with Crippen molar-refractivity contribution >= 4 is 27.3 Å². The van der Waals surface area contributed by atoms with Gasteiger partial charge in [0.2, 0.25) is 5.91 Å². The van der Waals surface area contributed by atoms with Crippen LogP contribution in [-0.4, -0.2) is 56.9 Å². The molecule has 1 aliphatic rings. The fraction of sp³-hybridized carbons (Fsp3) is 0.562. The van der Waals surface area contributed by atoms with Gasteiger partial charge in [-0.05, 0) is 37.6 Å². The summed E-state index contributed by atoms with van der Waals surface area (Å²) in [4.78, 5) is 13.8. The van der Waals surface area contributed by atoms with E-state index in [1.807, 2.05) is 36.2 Å². The molecule has 5 nitrogen and oxygen atoms in total. The molecule has 1 aromatic rings. The predicted molar refractivity (Wildman–Crippen MR) is 92.5 cm³/mol. The highest BCUT2D eigenvalue weighted by Gasteiger charge is 2.30. The summed E-state index contributed by atoms with van der Waals surface area (Å²) in [6.45, 7) is 1.16. The highest BCUT2D eigenvalue weighted by molar-refractivity contribution is 7.91. The second-order valence-electron chi connectivity index (χ2n) is 6.01. The number of carbonyl (C=O) groups excluding carboxylic acids is 1. The quantitative estimate of drug-likeness (QED) is 0.802. The van der Waals surface area contributed by atoms with E-state index in [0.717, 1.165) is 12.0 Å². The molecule has 128 valence electrons. The number of sulfone groups is 1. The number of hydrogen-bond acceptors (Lipinski definition) is 4. The van der Waals surface area contributed by atoms with Gasteiger partial charge >= 0.3 is 0 Å². The molecule has 0 radical (unpaired) electrons. The normalized spacial score (nSPS) is 19.9. The number of nitrogens with one attached hydrogen (secondary N) is 1. The van der Waals surface area contributed by atoms with Crippen LogP contribution in [0.25, 0.3) is 0 Å². The Morgan fingerprint density at radius 2 is 2.04 bits per heavy atom. The van der Waals surface area contributed by atoms with Gasteiger partial charge in [0.05, 0.1) is 11.5 Å². The van der Waals surface area contributed by atoms with E-state index in [-0.39, 0.29) is 23.5 Å². The van der Waals surface area contributed by atoms with Crippen LogP contribution in [0, 0.1) is 0 Å². The number of nitrogens with zero attached hydrogens (tertiary/aromatic N) is 1. The maximum absolute atomic E-state index is 11.9. The number of rotatable bonds is 7. The molecule has 1 fully saturated rings. The maximum Gasteiger partial charge on any atom is 0.221 e. The van der Waals surface area contributed by atoms with Crippen LogP contribution in [0.4, 0.5) is 0 Å². The predicted octanol–water partition coefficient (Wildman–Crippen LogP) is 1.51. The van der Waals surface area contributed by atoms with Crippen molar-refractivity contribution in [2.24, 2.45) is 0 Å². The van der Waals surface area contributed by atoms with Crippen LogP contribution in [0.2, 0.25) is 5.02 Å². The van der Waals surface area contributed by atoms with Crippen molar-refractivity contribution in [3.8, 4) is 0 Å². The molecule has 1 saturated heterocycles. The molecule has 1 amide bonds. The molecule has 1 atom stereocenters. The van der Waals surface area contributed by atoms with E-state index < -0.39 is 9.84 Å². The number of benzene rings is 1. The zero-order valence-corrected chi connectivity index (χ0v) is 14.9. The summed E-state index contributed by atoms with van der Waals surface area (Å²) < 4.78 is 22.9. The molecule has 1 aliphatic heterocycles. The molecule has 0 saturated carbocycles. The topological polar surface area (TPSA) is 66.5 Å². The van der Waals surface area contributed by atoms with Gasteiger partial charge in [0.15, 0.2) is 9.84 Å². The zero-order chi connectivity index (χ0) is 16.9. The number of amides is 1. The molecular formula is C16H23ClN2O3S. The summed E-state index contributed by atoms with van der Waals surface area (Å²) in [5, 5.41) is 3.59. The second kappa shape index (κ2) is 8.13. The van der Waals surface area contributed by atoms with Crippen LogP contribution >= 0.6 is 11.6 Å². The van der Waals surface area contributed by atoms with Crippen molar-refractivity contribution in [1.82, 2.24) is 10.2 Å². The Bertz CT molecular complexity index is 631. The fourth-order valence-corrected chi connectivity index (χ4v) is 4.60. The van der Waals surface area contributed by atoms with Crippen LogP contribution in [0.1, 0.15) is 18.4 Å². The third-order valence-corrected chi connectivity index (χ3v) is 6.17. The SMILES string of the molecule is CN(CCC(=O)NCCc1ccc(Cl)cc1)C1CCS(=O)(=O)C1. The lowest BCUT2D eigenvalue weighted by Crippen LogP contribution is -2.36. The Morgan fingerprint density at radius 3 is 2.65 bits per heavy atom. The van der Waals surface area contributed by atoms with E-state index in [1.54, 1.807) is 0 Å². The van der Waals surface area contributed by atoms with E-state index >= 15 is 0 Å². The first-order chi connectivity index (χ1) is 10.9. The summed E-state index contributed by atoms with van der Waals surface area (Å²) in [5.41, 5.74) is 1.13. The molecule has 2 rings (SSSR count). The van der Waals surface area contributed by atoms with E-state index in [9.17, 15) is 13.2 Å². The van der Waals surface area contributed by atoms with Gasteiger partial charge < -0.3 is 10.2 Å². The Morgan fingerprint density at radius 1 is 1.35 bits per heavy atom. The largest absolute Gasteiger partial charge is 0.356 e. The van der Waals surface area contributed by atoms with Crippen LogP contribution in [0.15, 0.2) is 24.3 Å². The Hall–Kier alpha value is -1.11. The number of carbonyl (C=O) groups is 1. The van der Waals surface area contributed by atoms with E-state index in [2.05, 4.69) is 5.32 Å². The Labute approximate surface area is 142 Å². The van der Waals surface area contributed by atoms with Crippen molar-refractivity contribution in [2.45, 2.75) is 25.3 Å². The fourth-order valence-electron chi connectivity index (χ4n) is 2.67. The Kier molecular flexibility index (Phi) is 6.44. The maximum atomic E-state index is 11.9. The highest BCUT2D eigenvalue weighted by Crippen LogP contribution is 2.16. The zero-order valence-electron chi connectivity index (χ0n) is 13.3. The van der Waals surface area contributed by atoms with Crippen LogP contribution < -0.4 is 5.32 Å². The summed E-state index contributed by atoms with van der Waals surface area (Å²) >= 11 is 5.83. The van der Waals surface area contributed by atoms with Crippen molar-refractivity contribution in [1.29, 1.82) is 0 Å². The van der Waals surface area contributed by atoms with Crippen LogP contribution in [0.5, 0.6) is 0 Å². The van der Waals surface area contributed by atoms with Gasteiger partial charge in [0.25, 0.3) is 0 Å². The molecule has 1 aromatic carbocycles. The summed E-state index contributed by atoms with van der Waals surface area (Å²) in [6, 6.07) is 7.61. The van der Waals surface area contributed by atoms with Gasteiger partial charge in [-0.1, -0.05) is 23.7 Å². The van der Waals surface area contributed by atoms with Crippen molar-refractivity contribution in [3.63, 3.8) is 0 Å². The minimum atomic E-state index is -2.88. The monoisotopic (exact) mass is 358 g/mol. The molecule has 0 aromatic heterocycles. The standard InChI is InChI=1S/C16H23ClN2O3S/c1-19(15-8-11-23(21,22)12-15)10-7-16(20)18-9-6-13-2-4-14(17)5-3-13/h2-5,15H,6-12H2,1H3,(H,18,20). The Balaban J connectivity index is 1.64. The summed E-state index contributed by atoms with van der Waals surface area (Å²) in [6.07, 6.45) is 1.81. The second-order valence-corrected chi connectivity index (χ2v) is 8.68. The first-order valence-electron chi connectivity index (χ1n) is 7.77. The van der Waals surface area contributed by atoms with Gasteiger partial charge in [0.1, 0.15) is 0 Å². The minimum Gasteiger partial charge on any atom is -0.356 e. The molecular weight excluding hydrogens is 336 g/mol. The smallest absolute Gasteiger partial charge is 0.221 e. The van der Waals surface area contributed by atoms with Gasteiger partial charge in [-0.15, -0.1) is 0 Å². The number of halogens is 1.